The Bertz CT molecular complexity index is 561. The van der Waals surface area contributed by atoms with Crippen molar-refractivity contribution in [2.24, 2.45) is 0 Å². The lowest BCUT2D eigenvalue weighted by Crippen LogP contribution is -2.34. The molecule has 2 rings (SSSR count). The minimum absolute atomic E-state index is 0.0782. The van der Waals surface area contributed by atoms with Crippen LogP contribution in [0.5, 0.6) is 0 Å². The molecular formula is C13H15N3O4. The first-order chi connectivity index (χ1) is 9.47. The number of hydrogen-bond donors (Lipinski definition) is 1. The molecule has 1 aromatic carbocycles. The van der Waals surface area contributed by atoms with Gasteiger partial charge in [-0.05, 0) is 6.07 Å². The molecule has 0 spiro atoms. The van der Waals surface area contributed by atoms with Gasteiger partial charge in [0, 0.05) is 45.0 Å². The summed E-state index contributed by atoms with van der Waals surface area (Å²) in [5.41, 5.74) is 1.03. The van der Waals surface area contributed by atoms with Gasteiger partial charge in [0.15, 0.2) is 0 Å². The Hall–Kier alpha value is -2.44. The Morgan fingerprint density at radius 2 is 2.00 bits per heavy atom. The van der Waals surface area contributed by atoms with Crippen LogP contribution in [0, 0.1) is 10.1 Å². The first-order valence-electron chi connectivity index (χ1n) is 6.30. The number of anilines is 2. The zero-order valence-corrected chi connectivity index (χ0v) is 11.1. The fourth-order valence-corrected chi connectivity index (χ4v) is 2.20. The Labute approximate surface area is 115 Å². The molecule has 106 valence electrons. The number of nitro benzene ring substituents is 1. The van der Waals surface area contributed by atoms with Gasteiger partial charge in [0.05, 0.1) is 16.3 Å². The number of hydrogen-bond acceptors (Lipinski definition) is 5. The standard InChI is InChI=1S/C13H15N3O4/c1-9(17)14-12-8-10(16(19)20)2-3-13(12)15-6-4-11(18)5-7-15/h2-3,8H,4-7H2,1H3,(H,14,17). The first-order valence-corrected chi connectivity index (χ1v) is 6.30. The number of Topliss-reactive ketones (excluding diaryl/α,β-unsaturated/α-hetero) is 1. The summed E-state index contributed by atoms with van der Waals surface area (Å²) in [6.45, 7) is 2.47. The van der Waals surface area contributed by atoms with Gasteiger partial charge < -0.3 is 10.2 Å². The smallest absolute Gasteiger partial charge is 0.271 e. The number of rotatable bonds is 3. The van der Waals surface area contributed by atoms with Crippen LogP contribution < -0.4 is 10.2 Å². The van der Waals surface area contributed by atoms with Crippen molar-refractivity contribution < 1.29 is 14.5 Å². The molecule has 20 heavy (non-hydrogen) atoms. The highest BCUT2D eigenvalue weighted by atomic mass is 16.6. The van der Waals surface area contributed by atoms with E-state index in [4.69, 9.17) is 0 Å². The van der Waals surface area contributed by atoms with Crippen molar-refractivity contribution in [1.29, 1.82) is 0 Å². The minimum atomic E-state index is -0.505. The van der Waals surface area contributed by atoms with Gasteiger partial charge in [-0.3, -0.25) is 19.7 Å². The minimum Gasteiger partial charge on any atom is -0.369 e. The number of ketones is 1. The number of nitrogens with zero attached hydrogens (tertiary/aromatic N) is 2. The van der Waals surface area contributed by atoms with E-state index in [1.54, 1.807) is 6.07 Å². The number of benzene rings is 1. The van der Waals surface area contributed by atoms with Crippen LogP contribution in [0.1, 0.15) is 19.8 Å². The molecule has 7 nitrogen and oxygen atoms in total. The maximum atomic E-state index is 11.3. The van der Waals surface area contributed by atoms with Gasteiger partial charge in [-0.1, -0.05) is 0 Å². The van der Waals surface area contributed by atoms with E-state index >= 15 is 0 Å². The molecule has 0 aliphatic carbocycles. The summed E-state index contributed by atoms with van der Waals surface area (Å²) >= 11 is 0. The number of carbonyl (C=O) groups excluding carboxylic acids is 2. The van der Waals surface area contributed by atoms with Gasteiger partial charge >= 0.3 is 0 Å². The van der Waals surface area contributed by atoms with Crippen LogP contribution in [0.25, 0.3) is 0 Å². The van der Waals surface area contributed by atoms with Crippen molar-refractivity contribution in [2.45, 2.75) is 19.8 Å². The second-order valence-corrected chi connectivity index (χ2v) is 4.67. The van der Waals surface area contributed by atoms with Crippen LogP contribution in [0.3, 0.4) is 0 Å². The SMILES string of the molecule is CC(=O)Nc1cc([N+](=O)[O-])ccc1N1CCC(=O)CC1. The Balaban J connectivity index is 2.33. The molecule has 1 heterocycles. The molecular weight excluding hydrogens is 262 g/mol. The second-order valence-electron chi connectivity index (χ2n) is 4.67. The lowest BCUT2D eigenvalue weighted by molar-refractivity contribution is -0.384. The van der Waals surface area contributed by atoms with Crippen LogP contribution in [0.2, 0.25) is 0 Å². The third kappa shape index (κ3) is 3.11. The van der Waals surface area contributed by atoms with Gasteiger partial charge in [-0.25, -0.2) is 0 Å². The average molecular weight is 277 g/mol. The molecule has 1 fully saturated rings. The van der Waals surface area contributed by atoms with Crippen LogP contribution in [-0.4, -0.2) is 29.7 Å². The largest absolute Gasteiger partial charge is 0.369 e. The summed E-state index contributed by atoms with van der Waals surface area (Å²) in [6, 6.07) is 4.35. The van der Waals surface area contributed by atoms with E-state index in [-0.39, 0.29) is 17.4 Å². The summed E-state index contributed by atoms with van der Waals surface area (Å²) in [6.07, 6.45) is 0.910. The van der Waals surface area contributed by atoms with Crippen molar-refractivity contribution >= 4 is 28.8 Å². The van der Waals surface area contributed by atoms with Crippen molar-refractivity contribution in [2.75, 3.05) is 23.3 Å². The predicted octanol–water partition coefficient (Wildman–Crippen LogP) is 1.72. The Morgan fingerprint density at radius 3 is 2.55 bits per heavy atom. The molecule has 1 aromatic rings. The average Bonchev–Trinajstić information content (AvgIpc) is 2.39. The zero-order chi connectivity index (χ0) is 14.7. The molecule has 0 atom stereocenters. The molecule has 0 radical (unpaired) electrons. The van der Waals surface area contributed by atoms with Crippen LogP contribution in [-0.2, 0) is 9.59 Å². The van der Waals surface area contributed by atoms with Crippen molar-refractivity contribution in [3.63, 3.8) is 0 Å². The number of nitrogens with one attached hydrogen (secondary N) is 1. The highest BCUT2D eigenvalue weighted by Crippen LogP contribution is 2.31. The number of carbonyl (C=O) groups is 2. The van der Waals surface area contributed by atoms with Gasteiger partial charge in [0.2, 0.25) is 5.91 Å². The van der Waals surface area contributed by atoms with E-state index < -0.39 is 4.92 Å². The van der Waals surface area contributed by atoms with Crippen molar-refractivity contribution in [3.05, 3.63) is 28.3 Å². The fraction of sp³-hybridized carbons (Fsp3) is 0.385. The first kappa shape index (κ1) is 14.0. The van der Waals surface area contributed by atoms with Crippen LogP contribution in [0.4, 0.5) is 17.1 Å². The van der Waals surface area contributed by atoms with Crippen molar-refractivity contribution in [1.82, 2.24) is 0 Å². The predicted molar refractivity (Wildman–Crippen MR) is 73.9 cm³/mol. The zero-order valence-electron chi connectivity index (χ0n) is 11.1. The summed E-state index contributed by atoms with van der Waals surface area (Å²) < 4.78 is 0. The monoisotopic (exact) mass is 277 g/mol. The van der Waals surface area contributed by atoms with Crippen LogP contribution >= 0.6 is 0 Å². The summed E-state index contributed by atoms with van der Waals surface area (Å²) in [7, 11) is 0. The molecule has 0 bridgehead atoms. The van der Waals surface area contributed by atoms with E-state index in [1.165, 1.54) is 19.1 Å². The van der Waals surface area contributed by atoms with Gasteiger partial charge in [-0.2, -0.15) is 0 Å². The van der Waals surface area contributed by atoms with E-state index in [2.05, 4.69) is 5.32 Å². The molecule has 7 heteroatoms. The molecule has 0 aromatic heterocycles. The van der Waals surface area contributed by atoms with E-state index in [1.807, 2.05) is 4.90 Å². The lowest BCUT2D eigenvalue weighted by Gasteiger charge is -2.29. The molecule has 1 aliphatic heterocycles. The molecule has 1 saturated heterocycles. The number of nitro groups is 1. The van der Waals surface area contributed by atoms with Gasteiger partial charge in [-0.15, -0.1) is 0 Å². The maximum absolute atomic E-state index is 11.3. The second kappa shape index (κ2) is 5.68. The molecule has 1 aliphatic rings. The van der Waals surface area contributed by atoms with Gasteiger partial charge in [0.1, 0.15) is 5.78 Å². The topological polar surface area (TPSA) is 92.5 Å². The van der Waals surface area contributed by atoms with Gasteiger partial charge in [0.25, 0.3) is 5.69 Å². The number of non-ortho nitro benzene ring substituents is 1. The lowest BCUT2D eigenvalue weighted by atomic mass is 10.1. The third-order valence-electron chi connectivity index (χ3n) is 3.16. The normalized spacial score (nSPS) is 15.1. The summed E-state index contributed by atoms with van der Waals surface area (Å²) in [4.78, 5) is 34.7. The van der Waals surface area contributed by atoms with E-state index in [0.717, 1.165) is 0 Å². The summed E-state index contributed by atoms with van der Waals surface area (Å²) in [5, 5.41) is 13.4. The molecule has 1 amide bonds. The molecule has 0 saturated carbocycles. The highest BCUT2D eigenvalue weighted by molar-refractivity contribution is 5.94. The third-order valence-corrected chi connectivity index (χ3v) is 3.16. The van der Waals surface area contributed by atoms with E-state index in [9.17, 15) is 19.7 Å². The number of piperidine rings is 1. The Kier molecular flexibility index (Phi) is 3.97. The maximum Gasteiger partial charge on any atom is 0.271 e. The number of amides is 1. The van der Waals surface area contributed by atoms with Crippen LogP contribution in [0.15, 0.2) is 18.2 Å². The molecule has 0 unspecified atom stereocenters. The van der Waals surface area contributed by atoms with E-state index in [0.29, 0.717) is 37.3 Å². The Morgan fingerprint density at radius 1 is 1.35 bits per heavy atom. The summed E-state index contributed by atoms with van der Waals surface area (Å²) in [5.74, 6) is -0.0796. The molecule has 1 N–H and O–H groups in total. The fourth-order valence-electron chi connectivity index (χ4n) is 2.20. The van der Waals surface area contributed by atoms with Crippen molar-refractivity contribution in [3.8, 4) is 0 Å². The quantitative estimate of drug-likeness (QED) is 0.670. The highest BCUT2D eigenvalue weighted by Gasteiger charge is 2.21.